The van der Waals surface area contributed by atoms with E-state index in [9.17, 15) is 14.9 Å². The number of para-hydroxylation sites is 2. The lowest BCUT2D eigenvalue weighted by Crippen LogP contribution is -2.23. The summed E-state index contributed by atoms with van der Waals surface area (Å²) in [6.07, 6.45) is 3.24. The highest BCUT2D eigenvalue weighted by Crippen LogP contribution is 2.28. The normalized spacial score (nSPS) is 11.2. The van der Waals surface area contributed by atoms with Gasteiger partial charge in [0.1, 0.15) is 29.7 Å². The first kappa shape index (κ1) is 30.9. The van der Waals surface area contributed by atoms with Gasteiger partial charge in [-0.25, -0.2) is 9.36 Å². The topological polar surface area (TPSA) is 107 Å². The van der Waals surface area contributed by atoms with Crippen LogP contribution >= 0.6 is 11.6 Å². The van der Waals surface area contributed by atoms with Crippen LogP contribution in [0.2, 0.25) is 5.02 Å². The van der Waals surface area contributed by atoms with Gasteiger partial charge in [-0.05, 0) is 67.6 Å². The molecule has 0 aliphatic carbocycles. The van der Waals surface area contributed by atoms with Gasteiger partial charge in [-0.2, -0.15) is 10.4 Å². The van der Waals surface area contributed by atoms with Gasteiger partial charge in [0.05, 0.1) is 22.8 Å². The number of ether oxygens (including phenoxy) is 1. The molecule has 0 atom stereocenters. The standard InChI is InChI=1S/C37H29ClN6O3/c1-25-34(37(46)44(42(25)2)31-14-7-4-8-15-31)40-36(45)28(22-39)21-29-23-43(30-12-5-3-6-13-30)41-35(29)26-17-19-32(20-18-26)47-24-27-11-9-10-16-33(27)38/h3-21,23H,24H2,1-2H3,(H,40,45)/b28-21+. The molecule has 2 heterocycles. The van der Waals surface area contributed by atoms with Crippen LogP contribution in [-0.2, 0) is 18.4 Å². The lowest BCUT2D eigenvalue weighted by molar-refractivity contribution is -0.112. The predicted octanol–water partition coefficient (Wildman–Crippen LogP) is 7.12. The van der Waals surface area contributed by atoms with Gasteiger partial charge in [0.2, 0.25) is 0 Å². The second kappa shape index (κ2) is 13.5. The highest BCUT2D eigenvalue weighted by Gasteiger charge is 2.21. The summed E-state index contributed by atoms with van der Waals surface area (Å²) in [7, 11) is 1.73. The van der Waals surface area contributed by atoms with Crippen LogP contribution in [-0.4, -0.2) is 25.1 Å². The number of anilines is 1. The summed E-state index contributed by atoms with van der Waals surface area (Å²) in [6.45, 7) is 2.05. The maximum absolute atomic E-state index is 13.5. The van der Waals surface area contributed by atoms with Crippen molar-refractivity contribution >= 4 is 29.3 Å². The monoisotopic (exact) mass is 640 g/mol. The van der Waals surface area contributed by atoms with Gasteiger partial charge in [-0.15, -0.1) is 0 Å². The minimum absolute atomic E-state index is 0.0927. The third-order valence-electron chi connectivity index (χ3n) is 7.70. The number of aromatic nitrogens is 4. The van der Waals surface area contributed by atoms with E-state index >= 15 is 0 Å². The maximum atomic E-state index is 13.5. The van der Waals surface area contributed by atoms with E-state index in [0.717, 1.165) is 16.8 Å². The zero-order valence-corrected chi connectivity index (χ0v) is 26.3. The van der Waals surface area contributed by atoms with Gasteiger partial charge in [0.15, 0.2) is 0 Å². The molecule has 1 N–H and O–H groups in total. The van der Waals surface area contributed by atoms with Crippen LogP contribution in [0.15, 0.2) is 126 Å². The Bertz CT molecular complexity index is 2190. The van der Waals surface area contributed by atoms with Crippen molar-refractivity contribution in [2.75, 3.05) is 5.32 Å². The fourth-order valence-corrected chi connectivity index (χ4v) is 5.30. The zero-order valence-electron chi connectivity index (χ0n) is 25.6. The molecule has 1 amide bonds. The minimum Gasteiger partial charge on any atom is -0.489 e. The van der Waals surface area contributed by atoms with Gasteiger partial charge in [0.25, 0.3) is 11.5 Å². The molecule has 6 aromatic rings. The number of amides is 1. The van der Waals surface area contributed by atoms with E-state index in [1.165, 1.54) is 10.8 Å². The Morgan fingerprint density at radius 2 is 1.57 bits per heavy atom. The maximum Gasteiger partial charge on any atom is 0.295 e. The fourth-order valence-electron chi connectivity index (χ4n) is 5.11. The van der Waals surface area contributed by atoms with Crippen molar-refractivity contribution in [1.82, 2.24) is 19.1 Å². The lowest BCUT2D eigenvalue weighted by atomic mass is 10.1. The molecular weight excluding hydrogens is 612 g/mol. The third-order valence-corrected chi connectivity index (χ3v) is 8.07. The third kappa shape index (κ3) is 6.50. The molecule has 0 saturated carbocycles. The van der Waals surface area contributed by atoms with Gasteiger partial charge in [0, 0.05) is 35.0 Å². The number of rotatable bonds is 9. The highest BCUT2D eigenvalue weighted by atomic mass is 35.5. The molecule has 0 bridgehead atoms. The molecule has 0 spiro atoms. The van der Waals surface area contributed by atoms with E-state index in [2.05, 4.69) is 5.32 Å². The Hall–Kier alpha value is -6.11. The summed E-state index contributed by atoms with van der Waals surface area (Å²) >= 11 is 6.27. The zero-order chi connectivity index (χ0) is 32.9. The van der Waals surface area contributed by atoms with E-state index in [1.54, 1.807) is 41.7 Å². The number of benzene rings is 4. The summed E-state index contributed by atoms with van der Waals surface area (Å²) in [5.41, 5.74) is 4.21. The second-order valence-electron chi connectivity index (χ2n) is 10.7. The van der Waals surface area contributed by atoms with E-state index in [4.69, 9.17) is 21.4 Å². The molecule has 0 unspecified atom stereocenters. The van der Waals surface area contributed by atoms with Crippen molar-refractivity contribution in [3.05, 3.63) is 153 Å². The van der Waals surface area contributed by atoms with E-state index in [1.807, 2.05) is 103 Å². The number of carbonyl (C=O) groups excluding carboxylic acids is 1. The van der Waals surface area contributed by atoms with E-state index < -0.39 is 11.5 Å². The van der Waals surface area contributed by atoms with E-state index in [0.29, 0.717) is 40.0 Å². The summed E-state index contributed by atoms with van der Waals surface area (Å²) in [5, 5.41) is 18.2. The predicted molar refractivity (Wildman–Crippen MR) is 183 cm³/mol. The second-order valence-corrected chi connectivity index (χ2v) is 11.1. The fraction of sp³-hybridized carbons (Fsp3) is 0.0811. The molecule has 47 heavy (non-hydrogen) atoms. The molecule has 10 heteroatoms. The summed E-state index contributed by atoms with van der Waals surface area (Å²) in [5.74, 6) is -0.0648. The Morgan fingerprint density at radius 3 is 2.23 bits per heavy atom. The SMILES string of the molecule is Cc1c(NC(=O)/C(C#N)=C/c2cn(-c3ccccc3)nc2-c2ccc(OCc3ccccc3Cl)cc2)c(=O)n(-c2ccccc2)n1C. The average Bonchev–Trinajstić information content (AvgIpc) is 3.62. The lowest BCUT2D eigenvalue weighted by Gasteiger charge is -2.08. The largest absolute Gasteiger partial charge is 0.489 e. The van der Waals surface area contributed by atoms with Gasteiger partial charge in [-0.3, -0.25) is 14.3 Å². The number of halogens is 1. The highest BCUT2D eigenvalue weighted by molar-refractivity contribution is 6.31. The number of hydrogen-bond acceptors (Lipinski definition) is 5. The van der Waals surface area contributed by atoms with Crippen LogP contribution in [0, 0.1) is 18.3 Å². The van der Waals surface area contributed by atoms with Crippen LogP contribution in [0.4, 0.5) is 5.69 Å². The number of nitrogens with one attached hydrogen (secondary N) is 1. The van der Waals surface area contributed by atoms with Crippen LogP contribution in [0.1, 0.15) is 16.8 Å². The Balaban J connectivity index is 1.32. The summed E-state index contributed by atoms with van der Waals surface area (Å²) in [4.78, 5) is 26.9. The average molecular weight is 641 g/mol. The van der Waals surface area contributed by atoms with Crippen LogP contribution in [0.5, 0.6) is 5.75 Å². The number of nitrogens with zero attached hydrogens (tertiary/aromatic N) is 5. The molecule has 2 aromatic heterocycles. The van der Waals surface area contributed by atoms with E-state index in [-0.39, 0.29) is 11.3 Å². The van der Waals surface area contributed by atoms with Crippen molar-refractivity contribution in [2.45, 2.75) is 13.5 Å². The van der Waals surface area contributed by atoms with Crippen molar-refractivity contribution in [1.29, 1.82) is 5.26 Å². The molecule has 9 nitrogen and oxygen atoms in total. The van der Waals surface area contributed by atoms with Gasteiger partial charge >= 0.3 is 0 Å². The molecule has 4 aromatic carbocycles. The molecule has 0 saturated heterocycles. The molecular formula is C37H29ClN6O3. The Labute approximate surface area is 276 Å². The minimum atomic E-state index is -0.708. The van der Waals surface area contributed by atoms with Crippen molar-refractivity contribution in [3.8, 4) is 34.5 Å². The molecule has 0 aliphatic rings. The Kier molecular flexibility index (Phi) is 8.86. The molecule has 6 rings (SSSR count). The molecule has 232 valence electrons. The van der Waals surface area contributed by atoms with Crippen LogP contribution in [0.3, 0.4) is 0 Å². The molecule has 0 radical (unpaired) electrons. The van der Waals surface area contributed by atoms with Crippen LogP contribution in [0.25, 0.3) is 28.7 Å². The first-order chi connectivity index (χ1) is 22.8. The summed E-state index contributed by atoms with van der Waals surface area (Å²) < 4.78 is 10.8. The van der Waals surface area contributed by atoms with Crippen LogP contribution < -0.4 is 15.6 Å². The molecule has 0 fully saturated rings. The van der Waals surface area contributed by atoms with Crippen molar-refractivity contribution in [2.24, 2.45) is 7.05 Å². The van der Waals surface area contributed by atoms with Crippen molar-refractivity contribution in [3.63, 3.8) is 0 Å². The van der Waals surface area contributed by atoms with Crippen molar-refractivity contribution < 1.29 is 9.53 Å². The first-order valence-electron chi connectivity index (χ1n) is 14.7. The smallest absolute Gasteiger partial charge is 0.295 e. The quantitative estimate of drug-likeness (QED) is 0.134. The van der Waals surface area contributed by atoms with Gasteiger partial charge < -0.3 is 10.1 Å². The van der Waals surface area contributed by atoms with Gasteiger partial charge in [-0.1, -0.05) is 66.2 Å². The number of nitriles is 1. The molecule has 0 aliphatic heterocycles. The Morgan fingerprint density at radius 1 is 0.936 bits per heavy atom. The first-order valence-corrected chi connectivity index (χ1v) is 15.1. The number of hydrogen-bond donors (Lipinski definition) is 1. The number of carbonyl (C=O) groups is 1. The summed E-state index contributed by atoms with van der Waals surface area (Å²) in [6, 6.07) is 35.5.